The molecule has 0 aliphatic carbocycles. The molecule has 0 atom stereocenters. The second kappa shape index (κ2) is 4.55. The summed E-state index contributed by atoms with van der Waals surface area (Å²) >= 11 is 5.51. The van der Waals surface area contributed by atoms with Gasteiger partial charge in [0.05, 0.1) is 24.2 Å². The van der Waals surface area contributed by atoms with Crippen LogP contribution in [0.1, 0.15) is 23.2 Å². The summed E-state index contributed by atoms with van der Waals surface area (Å²) < 4.78 is 30.2. The molecule has 0 radical (unpaired) electrons. The van der Waals surface area contributed by atoms with Crippen LogP contribution in [0, 0.1) is 6.92 Å². The summed E-state index contributed by atoms with van der Waals surface area (Å²) in [5.41, 5.74) is 0.545. The number of rotatable bonds is 3. The number of hydrogen-bond donors (Lipinski definition) is 0. The lowest BCUT2D eigenvalue weighted by Crippen LogP contribution is -2.02. The van der Waals surface area contributed by atoms with E-state index >= 15 is 0 Å². The molecule has 1 rings (SSSR count). The van der Waals surface area contributed by atoms with Gasteiger partial charge in [0.15, 0.2) is 0 Å². The van der Waals surface area contributed by atoms with Crippen LogP contribution < -0.4 is 4.74 Å². The third-order valence-corrected chi connectivity index (χ3v) is 2.13. The first-order chi connectivity index (χ1) is 6.61. The molecule has 0 amide bonds. The van der Waals surface area contributed by atoms with E-state index in [1.165, 1.54) is 13.3 Å². The number of ether oxygens (including phenoxy) is 1. The van der Waals surface area contributed by atoms with Crippen molar-refractivity contribution in [1.29, 1.82) is 0 Å². The fraction of sp³-hybridized carbons (Fsp3) is 0.444. The van der Waals surface area contributed by atoms with Crippen LogP contribution in [0.5, 0.6) is 5.75 Å². The molecule has 2 nitrogen and oxygen atoms in total. The van der Waals surface area contributed by atoms with Crippen LogP contribution in [0.4, 0.5) is 8.78 Å². The van der Waals surface area contributed by atoms with E-state index in [1.807, 2.05) is 0 Å². The van der Waals surface area contributed by atoms with Gasteiger partial charge in [-0.3, -0.25) is 4.98 Å². The Morgan fingerprint density at radius 1 is 1.57 bits per heavy atom. The number of aromatic nitrogens is 1. The predicted molar refractivity (Wildman–Crippen MR) is 50.0 cm³/mol. The summed E-state index contributed by atoms with van der Waals surface area (Å²) in [6.45, 7) is 1.66. The number of pyridine rings is 1. The fourth-order valence-corrected chi connectivity index (χ4v) is 1.46. The van der Waals surface area contributed by atoms with E-state index in [0.717, 1.165) is 0 Å². The number of aryl methyl sites for hydroxylation is 1. The SMILES string of the molecule is COc1c(C)cnc(CCl)c1C(F)F. The van der Waals surface area contributed by atoms with Gasteiger partial charge in [0.1, 0.15) is 5.75 Å². The molecule has 78 valence electrons. The zero-order valence-corrected chi connectivity index (χ0v) is 8.61. The second-order valence-electron chi connectivity index (χ2n) is 2.77. The smallest absolute Gasteiger partial charge is 0.269 e. The molecule has 0 bridgehead atoms. The Balaban J connectivity index is 3.36. The minimum absolute atomic E-state index is 0.0453. The first-order valence-electron chi connectivity index (χ1n) is 3.98. The lowest BCUT2D eigenvalue weighted by molar-refractivity contribution is 0.145. The van der Waals surface area contributed by atoms with Crippen LogP contribution in [0.25, 0.3) is 0 Å². The van der Waals surface area contributed by atoms with E-state index in [1.54, 1.807) is 6.92 Å². The van der Waals surface area contributed by atoms with Crippen molar-refractivity contribution in [3.63, 3.8) is 0 Å². The van der Waals surface area contributed by atoms with Crippen molar-refractivity contribution in [3.8, 4) is 5.75 Å². The Morgan fingerprint density at radius 3 is 2.64 bits per heavy atom. The van der Waals surface area contributed by atoms with E-state index < -0.39 is 6.43 Å². The quantitative estimate of drug-likeness (QED) is 0.732. The molecule has 1 aromatic heterocycles. The first-order valence-corrected chi connectivity index (χ1v) is 4.51. The fourth-order valence-electron chi connectivity index (χ4n) is 1.25. The van der Waals surface area contributed by atoms with Crippen molar-refractivity contribution in [2.24, 2.45) is 0 Å². The number of halogens is 3. The minimum Gasteiger partial charge on any atom is -0.496 e. The summed E-state index contributed by atoms with van der Waals surface area (Å²) in [6, 6.07) is 0. The van der Waals surface area contributed by atoms with Crippen molar-refractivity contribution in [3.05, 3.63) is 23.0 Å². The largest absolute Gasteiger partial charge is 0.496 e. The lowest BCUT2D eigenvalue weighted by Gasteiger charge is -2.13. The summed E-state index contributed by atoms with van der Waals surface area (Å²) in [7, 11) is 1.35. The second-order valence-corrected chi connectivity index (χ2v) is 3.04. The standard InChI is InChI=1S/C9H10ClF2NO/c1-5-4-13-6(3-10)7(9(11)12)8(5)14-2/h4,9H,3H2,1-2H3. The van der Waals surface area contributed by atoms with Gasteiger partial charge in [0.25, 0.3) is 6.43 Å². The molecule has 5 heteroatoms. The molecule has 0 unspecified atom stereocenters. The molecule has 1 aromatic rings. The van der Waals surface area contributed by atoms with Gasteiger partial charge in [-0.05, 0) is 6.92 Å². The topological polar surface area (TPSA) is 22.1 Å². The highest BCUT2D eigenvalue weighted by Crippen LogP contribution is 2.34. The van der Waals surface area contributed by atoms with E-state index in [-0.39, 0.29) is 22.9 Å². The third kappa shape index (κ3) is 1.95. The van der Waals surface area contributed by atoms with Gasteiger partial charge in [0, 0.05) is 11.8 Å². The molecule has 1 heterocycles. The van der Waals surface area contributed by atoms with Crippen LogP contribution in [0.2, 0.25) is 0 Å². The number of hydrogen-bond acceptors (Lipinski definition) is 2. The number of nitrogens with zero attached hydrogens (tertiary/aromatic N) is 1. The molecule has 0 N–H and O–H groups in total. The average molecular weight is 222 g/mol. The predicted octanol–water partition coefficient (Wildman–Crippen LogP) is 3.08. The van der Waals surface area contributed by atoms with Crippen LogP contribution >= 0.6 is 11.6 Å². The van der Waals surface area contributed by atoms with Crippen molar-refractivity contribution in [2.45, 2.75) is 19.2 Å². The molecule has 0 aliphatic heterocycles. The van der Waals surface area contributed by atoms with Gasteiger partial charge in [-0.15, -0.1) is 11.6 Å². The Bertz CT molecular complexity index is 331. The van der Waals surface area contributed by atoms with E-state index in [0.29, 0.717) is 5.56 Å². The molecular weight excluding hydrogens is 212 g/mol. The van der Waals surface area contributed by atoms with Crippen molar-refractivity contribution in [1.82, 2.24) is 4.98 Å². The average Bonchev–Trinajstić information content (AvgIpc) is 2.17. The minimum atomic E-state index is -2.62. The van der Waals surface area contributed by atoms with Gasteiger partial charge in [0.2, 0.25) is 0 Å². The highest BCUT2D eigenvalue weighted by atomic mass is 35.5. The summed E-state index contributed by atoms with van der Waals surface area (Å²) in [5.74, 6) is 0.127. The Hall–Kier alpha value is -0.900. The molecule has 0 aliphatic rings. The van der Waals surface area contributed by atoms with Gasteiger partial charge in [-0.2, -0.15) is 0 Å². The number of methoxy groups -OCH3 is 1. The van der Waals surface area contributed by atoms with Crippen LogP contribution in [0.3, 0.4) is 0 Å². The molecule has 0 spiro atoms. The van der Waals surface area contributed by atoms with Crippen LogP contribution in [-0.4, -0.2) is 12.1 Å². The molecule has 0 aromatic carbocycles. The highest BCUT2D eigenvalue weighted by molar-refractivity contribution is 6.17. The van der Waals surface area contributed by atoms with Gasteiger partial charge < -0.3 is 4.74 Å². The van der Waals surface area contributed by atoms with Gasteiger partial charge in [-0.1, -0.05) is 0 Å². The summed E-state index contributed by atoms with van der Waals surface area (Å²) in [6.07, 6.45) is -1.14. The molecule has 0 fully saturated rings. The third-order valence-electron chi connectivity index (χ3n) is 1.88. The lowest BCUT2D eigenvalue weighted by atomic mass is 10.1. The van der Waals surface area contributed by atoms with Crippen LogP contribution in [0.15, 0.2) is 6.20 Å². The van der Waals surface area contributed by atoms with E-state index in [9.17, 15) is 8.78 Å². The zero-order chi connectivity index (χ0) is 10.7. The molecule has 14 heavy (non-hydrogen) atoms. The molecular formula is C9H10ClF2NO. The van der Waals surface area contributed by atoms with E-state index in [4.69, 9.17) is 16.3 Å². The maximum Gasteiger partial charge on any atom is 0.269 e. The van der Waals surface area contributed by atoms with Gasteiger partial charge in [-0.25, -0.2) is 8.78 Å². The molecule has 0 saturated carbocycles. The maximum absolute atomic E-state index is 12.7. The van der Waals surface area contributed by atoms with Crippen LogP contribution in [-0.2, 0) is 5.88 Å². The monoisotopic (exact) mass is 221 g/mol. The first kappa shape index (κ1) is 11.2. The summed E-state index contributed by atoms with van der Waals surface area (Å²) in [5, 5.41) is 0. The zero-order valence-electron chi connectivity index (χ0n) is 7.85. The van der Waals surface area contributed by atoms with Crippen molar-refractivity contribution < 1.29 is 13.5 Å². The molecule has 0 saturated heterocycles. The van der Waals surface area contributed by atoms with Gasteiger partial charge >= 0.3 is 0 Å². The normalized spacial score (nSPS) is 10.7. The summed E-state index contributed by atoms with van der Waals surface area (Å²) in [4.78, 5) is 3.83. The van der Waals surface area contributed by atoms with E-state index in [2.05, 4.69) is 4.98 Å². The van der Waals surface area contributed by atoms with Crippen molar-refractivity contribution >= 4 is 11.6 Å². The Labute approximate surface area is 85.9 Å². The van der Waals surface area contributed by atoms with Crippen molar-refractivity contribution in [2.75, 3.05) is 7.11 Å². The Kier molecular flexibility index (Phi) is 3.63. The number of alkyl halides is 3. The maximum atomic E-state index is 12.7. The highest BCUT2D eigenvalue weighted by Gasteiger charge is 2.21. The Morgan fingerprint density at radius 2 is 2.21 bits per heavy atom.